The van der Waals surface area contributed by atoms with Gasteiger partial charge in [-0.15, -0.1) is 0 Å². The summed E-state index contributed by atoms with van der Waals surface area (Å²) in [6, 6.07) is 11.0. The number of nitrogens with zero attached hydrogens (tertiary/aromatic N) is 3. The highest BCUT2D eigenvalue weighted by atomic mass is 35.5. The smallest absolute Gasteiger partial charge is 0.220 e. The normalized spacial score (nSPS) is 16.7. The van der Waals surface area contributed by atoms with E-state index in [1.54, 1.807) is 31.5 Å². The first-order chi connectivity index (χ1) is 16.0. The van der Waals surface area contributed by atoms with Crippen LogP contribution < -0.4 is 10.1 Å². The first-order valence-electron chi connectivity index (χ1n) is 11.0. The lowest BCUT2D eigenvalue weighted by molar-refractivity contribution is -0.130. The van der Waals surface area contributed by atoms with E-state index in [0.717, 1.165) is 36.4 Å². The van der Waals surface area contributed by atoms with Crippen LogP contribution in [-0.4, -0.2) is 52.1 Å². The maximum absolute atomic E-state index is 11.8. The minimum absolute atomic E-state index is 0.0461. The molecule has 2 aromatic heterocycles. The van der Waals surface area contributed by atoms with Gasteiger partial charge >= 0.3 is 0 Å². The predicted molar refractivity (Wildman–Crippen MR) is 124 cm³/mol. The molecular formula is C24H27ClN4O4. The van der Waals surface area contributed by atoms with E-state index >= 15 is 0 Å². The van der Waals surface area contributed by atoms with Crippen LogP contribution >= 0.6 is 11.6 Å². The van der Waals surface area contributed by atoms with E-state index in [9.17, 15) is 9.90 Å². The molecule has 1 aromatic carbocycles. The van der Waals surface area contributed by atoms with Crippen LogP contribution in [0.2, 0.25) is 5.15 Å². The molecule has 0 bridgehead atoms. The molecule has 1 unspecified atom stereocenters. The molecule has 1 aliphatic rings. The highest BCUT2D eigenvalue weighted by Gasteiger charge is 2.31. The summed E-state index contributed by atoms with van der Waals surface area (Å²) in [4.78, 5) is 22.2. The summed E-state index contributed by atoms with van der Waals surface area (Å²) in [6.45, 7) is 3.76. The Morgan fingerprint density at radius 3 is 2.88 bits per heavy atom. The SMILES string of the molecule is CC(=O)N1CCCC1c1nc(-c2ccc(OCCNC[C@H](O)c3ccc(Cl)nc3)cc2)co1. The summed E-state index contributed by atoms with van der Waals surface area (Å²) in [7, 11) is 0. The number of carbonyl (C=O) groups is 1. The zero-order valence-electron chi connectivity index (χ0n) is 18.4. The van der Waals surface area contributed by atoms with E-state index in [4.69, 9.17) is 20.8 Å². The van der Waals surface area contributed by atoms with E-state index in [1.807, 2.05) is 29.2 Å². The van der Waals surface area contributed by atoms with Crippen LogP contribution in [0.15, 0.2) is 53.3 Å². The third kappa shape index (κ3) is 5.90. The zero-order valence-corrected chi connectivity index (χ0v) is 19.2. The van der Waals surface area contributed by atoms with Gasteiger partial charge in [-0.1, -0.05) is 17.7 Å². The zero-order chi connectivity index (χ0) is 23.2. The van der Waals surface area contributed by atoms with Crippen molar-refractivity contribution in [1.29, 1.82) is 0 Å². The second-order valence-electron chi connectivity index (χ2n) is 7.95. The maximum atomic E-state index is 11.8. The molecule has 2 atom stereocenters. The van der Waals surface area contributed by atoms with E-state index in [0.29, 0.717) is 36.3 Å². The number of amides is 1. The number of nitrogens with one attached hydrogen (secondary N) is 1. The van der Waals surface area contributed by atoms with Crippen molar-refractivity contribution in [1.82, 2.24) is 20.2 Å². The Morgan fingerprint density at radius 2 is 2.15 bits per heavy atom. The second-order valence-corrected chi connectivity index (χ2v) is 8.34. The highest BCUT2D eigenvalue weighted by Crippen LogP contribution is 2.33. The van der Waals surface area contributed by atoms with Crippen molar-refractivity contribution in [2.75, 3.05) is 26.2 Å². The fourth-order valence-electron chi connectivity index (χ4n) is 3.88. The Labute approximate surface area is 197 Å². The van der Waals surface area contributed by atoms with Gasteiger partial charge in [-0.3, -0.25) is 4.79 Å². The summed E-state index contributed by atoms with van der Waals surface area (Å²) in [6.07, 6.45) is 4.37. The molecule has 1 fully saturated rings. The number of carbonyl (C=O) groups excluding carboxylic acids is 1. The molecule has 9 heteroatoms. The third-order valence-electron chi connectivity index (χ3n) is 5.63. The number of benzene rings is 1. The van der Waals surface area contributed by atoms with Gasteiger partial charge in [-0.25, -0.2) is 9.97 Å². The number of hydrogen-bond acceptors (Lipinski definition) is 7. The number of aliphatic hydroxyl groups is 1. The standard InChI is InChI=1S/C24H27ClN4O4/c1-16(30)29-11-2-3-21(29)24-28-20(15-33-24)17-4-7-19(8-5-17)32-12-10-26-14-22(31)18-6-9-23(25)27-13-18/h4-9,13,15,21-22,26,31H,2-3,10-12,14H2,1H3/t21?,22-/m0/s1. The summed E-state index contributed by atoms with van der Waals surface area (Å²) in [5.41, 5.74) is 2.36. The molecule has 3 heterocycles. The number of rotatable bonds is 9. The lowest BCUT2D eigenvalue weighted by Gasteiger charge is -2.20. The van der Waals surface area contributed by atoms with Gasteiger partial charge in [0.15, 0.2) is 0 Å². The average molecular weight is 471 g/mol. The van der Waals surface area contributed by atoms with Crippen molar-refractivity contribution in [3.8, 4) is 17.0 Å². The van der Waals surface area contributed by atoms with Crippen LogP contribution in [0.1, 0.15) is 43.4 Å². The molecule has 8 nitrogen and oxygen atoms in total. The Hall–Kier alpha value is -2.94. The van der Waals surface area contributed by atoms with E-state index < -0.39 is 6.10 Å². The number of aliphatic hydroxyl groups excluding tert-OH is 1. The van der Waals surface area contributed by atoms with Crippen LogP contribution in [0, 0.1) is 0 Å². The van der Waals surface area contributed by atoms with Gasteiger partial charge in [0.1, 0.15) is 35.5 Å². The van der Waals surface area contributed by atoms with E-state index in [1.165, 1.54) is 0 Å². The Bertz CT molecular complexity index is 1060. The molecule has 0 aliphatic carbocycles. The van der Waals surface area contributed by atoms with Gasteiger partial charge in [0, 0.05) is 43.9 Å². The molecule has 1 amide bonds. The minimum atomic E-state index is -0.659. The molecular weight excluding hydrogens is 444 g/mol. The van der Waals surface area contributed by atoms with Gasteiger partial charge in [0.2, 0.25) is 11.8 Å². The van der Waals surface area contributed by atoms with Crippen molar-refractivity contribution in [3.63, 3.8) is 0 Å². The van der Waals surface area contributed by atoms with Crippen molar-refractivity contribution in [3.05, 3.63) is 65.5 Å². The molecule has 1 aliphatic heterocycles. The second kappa shape index (κ2) is 10.8. The first-order valence-corrected chi connectivity index (χ1v) is 11.3. The fraction of sp³-hybridized carbons (Fsp3) is 0.375. The monoisotopic (exact) mass is 470 g/mol. The van der Waals surface area contributed by atoms with Gasteiger partial charge in [-0.05, 0) is 43.2 Å². The van der Waals surface area contributed by atoms with Crippen LogP contribution in [0.5, 0.6) is 5.75 Å². The number of likely N-dealkylation sites (tertiary alicyclic amines) is 1. The number of hydrogen-bond donors (Lipinski definition) is 2. The Balaban J connectivity index is 1.23. The molecule has 33 heavy (non-hydrogen) atoms. The maximum Gasteiger partial charge on any atom is 0.220 e. The van der Waals surface area contributed by atoms with Gasteiger partial charge in [0.05, 0.1) is 6.10 Å². The van der Waals surface area contributed by atoms with Gasteiger partial charge < -0.3 is 24.5 Å². The number of halogens is 1. The van der Waals surface area contributed by atoms with Gasteiger partial charge in [-0.2, -0.15) is 0 Å². The highest BCUT2D eigenvalue weighted by molar-refractivity contribution is 6.29. The molecule has 0 radical (unpaired) electrons. The van der Waals surface area contributed by atoms with E-state index in [2.05, 4.69) is 15.3 Å². The van der Waals surface area contributed by atoms with Gasteiger partial charge in [0.25, 0.3) is 0 Å². The summed E-state index contributed by atoms with van der Waals surface area (Å²) in [5, 5.41) is 13.7. The summed E-state index contributed by atoms with van der Waals surface area (Å²) in [5.74, 6) is 1.37. The van der Waals surface area contributed by atoms with Crippen LogP contribution in [0.25, 0.3) is 11.3 Å². The lowest BCUT2D eigenvalue weighted by Crippen LogP contribution is -2.28. The average Bonchev–Trinajstić information content (AvgIpc) is 3.49. The molecule has 3 aromatic rings. The summed E-state index contributed by atoms with van der Waals surface area (Å²) < 4.78 is 11.5. The van der Waals surface area contributed by atoms with Crippen molar-refractivity contribution >= 4 is 17.5 Å². The van der Waals surface area contributed by atoms with Crippen LogP contribution in [0.3, 0.4) is 0 Å². The van der Waals surface area contributed by atoms with E-state index in [-0.39, 0.29) is 11.9 Å². The van der Waals surface area contributed by atoms with Crippen molar-refractivity contribution in [2.24, 2.45) is 0 Å². The van der Waals surface area contributed by atoms with Crippen molar-refractivity contribution < 1.29 is 19.1 Å². The minimum Gasteiger partial charge on any atom is -0.492 e. The lowest BCUT2D eigenvalue weighted by atomic mass is 10.1. The Kier molecular flexibility index (Phi) is 7.59. The third-order valence-corrected chi connectivity index (χ3v) is 5.86. The number of aromatic nitrogens is 2. The van der Waals surface area contributed by atoms with Crippen molar-refractivity contribution in [2.45, 2.75) is 31.9 Å². The Morgan fingerprint density at radius 1 is 1.33 bits per heavy atom. The molecule has 0 saturated carbocycles. The number of ether oxygens (including phenoxy) is 1. The molecule has 174 valence electrons. The topological polar surface area (TPSA) is 101 Å². The molecule has 0 spiro atoms. The number of pyridine rings is 1. The fourth-order valence-corrected chi connectivity index (χ4v) is 3.99. The van der Waals surface area contributed by atoms with Crippen LogP contribution in [-0.2, 0) is 4.79 Å². The van der Waals surface area contributed by atoms with Crippen LogP contribution in [0.4, 0.5) is 0 Å². The first kappa shape index (κ1) is 23.2. The number of oxazole rings is 1. The molecule has 2 N–H and O–H groups in total. The predicted octanol–water partition coefficient (Wildman–Crippen LogP) is 3.78. The quantitative estimate of drug-likeness (QED) is 0.362. The molecule has 4 rings (SSSR count). The largest absolute Gasteiger partial charge is 0.492 e. The summed E-state index contributed by atoms with van der Waals surface area (Å²) >= 11 is 5.76. The molecule has 1 saturated heterocycles.